The number of phenols is 1. The lowest BCUT2D eigenvalue weighted by Crippen LogP contribution is -2.28. The van der Waals surface area contributed by atoms with Gasteiger partial charge in [-0.1, -0.05) is 116 Å². The van der Waals surface area contributed by atoms with Crippen LogP contribution in [0.2, 0.25) is 0 Å². The highest BCUT2D eigenvalue weighted by Gasteiger charge is 2.29. The average molecular weight is 508 g/mol. The highest BCUT2D eigenvalue weighted by Crippen LogP contribution is 2.48. The number of aromatic hydroxyl groups is 1. The Hall–Kier alpha value is -2.49. The summed E-state index contributed by atoms with van der Waals surface area (Å²) >= 11 is 0. The monoisotopic (exact) mass is 507 g/mol. The summed E-state index contributed by atoms with van der Waals surface area (Å²) in [5, 5.41) is 9.90. The third-order valence-corrected chi connectivity index (χ3v) is 7.50. The molecule has 0 saturated carbocycles. The normalized spacial score (nSPS) is 12.2. The second kappa shape index (κ2) is 16.4. The lowest BCUT2D eigenvalue weighted by molar-refractivity contribution is -0.118. The van der Waals surface area contributed by atoms with Crippen LogP contribution in [0, 0.1) is 6.92 Å². The number of anilines is 2. The fourth-order valence-electron chi connectivity index (χ4n) is 5.29. The van der Waals surface area contributed by atoms with Crippen LogP contribution in [0.1, 0.15) is 128 Å². The molecule has 0 fully saturated rings. The molecule has 0 atom stereocenters. The van der Waals surface area contributed by atoms with Gasteiger partial charge < -0.3 is 9.84 Å². The van der Waals surface area contributed by atoms with Crippen LogP contribution in [0.5, 0.6) is 17.2 Å². The molecule has 204 valence electrons. The largest absolute Gasteiger partial charge is 0.508 e. The van der Waals surface area contributed by atoms with Gasteiger partial charge in [-0.15, -0.1) is 0 Å². The molecule has 0 aromatic heterocycles. The van der Waals surface area contributed by atoms with Crippen molar-refractivity contribution in [2.24, 2.45) is 0 Å². The number of rotatable bonds is 18. The number of hydrogen-bond donors (Lipinski definition) is 1. The Morgan fingerprint density at radius 2 is 1.14 bits per heavy atom. The SMILES string of the molecule is CCCCCCCCCCCCCCCCCCCC(=O)N1c2ccc(C)cc2Oc2cc(O)ccc21. The predicted molar refractivity (Wildman–Crippen MR) is 155 cm³/mol. The van der Waals surface area contributed by atoms with Crippen molar-refractivity contribution in [3.63, 3.8) is 0 Å². The van der Waals surface area contributed by atoms with E-state index in [2.05, 4.69) is 6.92 Å². The van der Waals surface area contributed by atoms with Crippen molar-refractivity contribution in [3.8, 4) is 17.2 Å². The number of ether oxygens (including phenoxy) is 1. The first-order chi connectivity index (χ1) is 18.1. The minimum absolute atomic E-state index is 0.0845. The summed E-state index contributed by atoms with van der Waals surface area (Å²) in [4.78, 5) is 15.0. The van der Waals surface area contributed by atoms with E-state index in [9.17, 15) is 9.90 Å². The molecule has 1 N–H and O–H groups in total. The summed E-state index contributed by atoms with van der Waals surface area (Å²) in [5.74, 6) is 1.40. The van der Waals surface area contributed by atoms with Gasteiger partial charge in [0.1, 0.15) is 5.75 Å². The summed E-state index contributed by atoms with van der Waals surface area (Å²) in [6.07, 6.45) is 23.1. The second-order valence-electron chi connectivity index (χ2n) is 10.9. The fraction of sp³-hybridized carbons (Fsp3) is 0.606. The van der Waals surface area contributed by atoms with Crippen molar-refractivity contribution >= 4 is 17.3 Å². The highest BCUT2D eigenvalue weighted by atomic mass is 16.5. The van der Waals surface area contributed by atoms with Crippen molar-refractivity contribution in [2.75, 3.05) is 4.90 Å². The maximum Gasteiger partial charge on any atom is 0.231 e. The number of aryl methyl sites for hydroxylation is 1. The number of amides is 1. The Morgan fingerprint density at radius 3 is 1.68 bits per heavy atom. The molecular formula is C33H49NO3. The van der Waals surface area contributed by atoms with Crippen LogP contribution in [0.15, 0.2) is 36.4 Å². The first kappa shape index (κ1) is 29.1. The number of phenolic OH excluding ortho intramolecular Hbond substituents is 1. The van der Waals surface area contributed by atoms with Gasteiger partial charge in [0.2, 0.25) is 5.91 Å². The van der Waals surface area contributed by atoms with Crippen LogP contribution in [0.3, 0.4) is 0 Å². The summed E-state index contributed by atoms with van der Waals surface area (Å²) in [5.41, 5.74) is 2.55. The zero-order valence-corrected chi connectivity index (χ0v) is 23.4. The third kappa shape index (κ3) is 9.72. The van der Waals surface area contributed by atoms with Crippen molar-refractivity contribution < 1.29 is 14.6 Å². The van der Waals surface area contributed by atoms with E-state index >= 15 is 0 Å². The number of fused-ring (bicyclic) bond motifs is 2. The molecule has 0 spiro atoms. The van der Waals surface area contributed by atoms with E-state index in [0.717, 1.165) is 24.1 Å². The molecule has 0 saturated heterocycles. The molecule has 2 aromatic carbocycles. The van der Waals surface area contributed by atoms with Crippen LogP contribution in [0.4, 0.5) is 11.4 Å². The van der Waals surface area contributed by atoms with E-state index in [1.165, 1.54) is 96.3 Å². The zero-order chi connectivity index (χ0) is 26.3. The lowest BCUT2D eigenvalue weighted by Gasteiger charge is -2.31. The Labute approximate surface area is 225 Å². The van der Waals surface area contributed by atoms with E-state index in [1.54, 1.807) is 23.1 Å². The average Bonchev–Trinajstić information content (AvgIpc) is 2.88. The highest BCUT2D eigenvalue weighted by molar-refractivity contribution is 6.04. The smallest absolute Gasteiger partial charge is 0.231 e. The van der Waals surface area contributed by atoms with Crippen LogP contribution in [0.25, 0.3) is 0 Å². The van der Waals surface area contributed by atoms with E-state index < -0.39 is 0 Å². The number of carbonyl (C=O) groups excluding carboxylic acids is 1. The Morgan fingerprint density at radius 1 is 0.676 bits per heavy atom. The van der Waals surface area contributed by atoms with Crippen LogP contribution in [-0.4, -0.2) is 11.0 Å². The predicted octanol–water partition coefficient (Wildman–Crippen LogP) is 10.5. The first-order valence-electron chi connectivity index (χ1n) is 15.0. The van der Waals surface area contributed by atoms with Gasteiger partial charge >= 0.3 is 0 Å². The number of unbranched alkanes of at least 4 members (excludes halogenated alkanes) is 16. The van der Waals surface area contributed by atoms with Gasteiger partial charge in [-0.2, -0.15) is 0 Å². The molecule has 4 nitrogen and oxygen atoms in total. The van der Waals surface area contributed by atoms with E-state index in [0.29, 0.717) is 23.6 Å². The molecule has 3 rings (SSSR count). The fourth-order valence-corrected chi connectivity index (χ4v) is 5.29. The summed E-state index contributed by atoms with van der Waals surface area (Å²) in [6, 6.07) is 10.8. The molecule has 0 bridgehead atoms. The molecular weight excluding hydrogens is 458 g/mol. The van der Waals surface area contributed by atoms with E-state index in [-0.39, 0.29) is 11.7 Å². The topological polar surface area (TPSA) is 49.8 Å². The standard InChI is InChI=1S/C33H49NO3/c1-3-4-5-6-7-8-9-10-11-12-13-14-15-16-17-18-19-20-33(36)34-29-23-21-27(2)25-31(29)37-32-26-28(35)22-24-30(32)34/h21-26,35H,3-20H2,1-2H3. The minimum atomic E-state index is 0.0845. The van der Waals surface area contributed by atoms with Gasteiger partial charge in [-0.25, -0.2) is 0 Å². The van der Waals surface area contributed by atoms with Crippen molar-refractivity contribution in [1.29, 1.82) is 0 Å². The first-order valence-corrected chi connectivity index (χ1v) is 15.0. The van der Waals surface area contributed by atoms with Crippen molar-refractivity contribution in [1.82, 2.24) is 0 Å². The molecule has 2 aromatic rings. The Bertz CT molecular complexity index is 903. The van der Waals surface area contributed by atoms with Gasteiger partial charge in [0.05, 0.1) is 11.4 Å². The van der Waals surface area contributed by atoms with Gasteiger partial charge in [0.15, 0.2) is 11.5 Å². The van der Waals surface area contributed by atoms with Gasteiger partial charge in [0, 0.05) is 12.5 Å². The quantitative estimate of drug-likeness (QED) is 0.204. The number of hydrogen-bond acceptors (Lipinski definition) is 3. The molecule has 1 amide bonds. The molecule has 0 aliphatic carbocycles. The Kier molecular flexibility index (Phi) is 12.9. The summed E-state index contributed by atoms with van der Waals surface area (Å²) in [7, 11) is 0. The van der Waals surface area contributed by atoms with E-state index in [1.807, 2.05) is 25.1 Å². The second-order valence-corrected chi connectivity index (χ2v) is 10.9. The van der Waals surface area contributed by atoms with Crippen LogP contribution in [-0.2, 0) is 4.79 Å². The third-order valence-electron chi connectivity index (χ3n) is 7.50. The minimum Gasteiger partial charge on any atom is -0.508 e. The van der Waals surface area contributed by atoms with Crippen LogP contribution < -0.4 is 9.64 Å². The molecule has 4 heteroatoms. The van der Waals surface area contributed by atoms with E-state index in [4.69, 9.17) is 4.74 Å². The molecule has 0 radical (unpaired) electrons. The van der Waals surface area contributed by atoms with Gasteiger partial charge in [0.25, 0.3) is 0 Å². The molecule has 1 aliphatic rings. The zero-order valence-electron chi connectivity index (χ0n) is 23.4. The van der Waals surface area contributed by atoms with Crippen molar-refractivity contribution in [3.05, 3.63) is 42.0 Å². The number of benzene rings is 2. The Balaban J connectivity index is 1.26. The van der Waals surface area contributed by atoms with Crippen LogP contribution >= 0.6 is 0 Å². The molecule has 1 heterocycles. The maximum atomic E-state index is 13.3. The number of carbonyl (C=O) groups is 1. The molecule has 37 heavy (non-hydrogen) atoms. The summed E-state index contributed by atoms with van der Waals surface area (Å²) < 4.78 is 6.00. The lowest BCUT2D eigenvalue weighted by atomic mass is 10.0. The maximum absolute atomic E-state index is 13.3. The molecule has 1 aliphatic heterocycles. The van der Waals surface area contributed by atoms with Gasteiger partial charge in [-0.05, 0) is 43.2 Å². The van der Waals surface area contributed by atoms with Gasteiger partial charge in [-0.3, -0.25) is 9.69 Å². The summed E-state index contributed by atoms with van der Waals surface area (Å²) in [6.45, 7) is 4.29. The molecule has 0 unspecified atom stereocenters. The van der Waals surface area contributed by atoms with Crippen molar-refractivity contribution in [2.45, 2.75) is 129 Å². The number of nitrogens with zero attached hydrogens (tertiary/aromatic N) is 1.